The predicted molar refractivity (Wildman–Crippen MR) is 169 cm³/mol. The van der Waals surface area contributed by atoms with E-state index in [0.29, 0.717) is 19.0 Å². The Morgan fingerprint density at radius 2 is 1.64 bits per heavy atom. The minimum Gasteiger partial charge on any atom is -0.361 e. The molecule has 218 valence electrons. The third kappa shape index (κ3) is 6.36. The van der Waals surface area contributed by atoms with Gasteiger partial charge in [-0.25, -0.2) is 4.79 Å². The maximum absolute atomic E-state index is 13.9. The Kier molecular flexibility index (Phi) is 8.56. The molecule has 0 aliphatic carbocycles. The molecule has 0 spiro atoms. The molecule has 2 aliphatic rings. The molecule has 2 fully saturated rings. The van der Waals surface area contributed by atoms with Gasteiger partial charge < -0.3 is 20.5 Å². The highest BCUT2D eigenvalue weighted by atomic mass is 16.2. The number of nitrogens with zero attached hydrogens (tertiary/aromatic N) is 2. The van der Waals surface area contributed by atoms with Crippen LogP contribution in [0, 0.1) is 0 Å². The summed E-state index contributed by atoms with van der Waals surface area (Å²) in [7, 11) is 0. The summed E-state index contributed by atoms with van der Waals surface area (Å²) in [6.45, 7) is 6.48. The lowest BCUT2D eigenvalue weighted by Gasteiger charge is -2.34. The minimum absolute atomic E-state index is 0.184. The lowest BCUT2D eigenvalue weighted by molar-refractivity contribution is -0.118. The van der Waals surface area contributed by atoms with Crippen LogP contribution < -0.4 is 10.6 Å². The number of aromatic nitrogens is 1. The number of H-pyrrole nitrogens is 1. The number of aromatic amines is 1. The van der Waals surface area contributed by atoms with Crippen molar-refractivity contribution < 1.29 is 9.59 Å². The quantitative estimate of drug-likeness (QED) is 0.230. The van der Waals surface area contributed by atoms with Crippen molar-refractivity contribution in [2.45, 2.75) is 57.0 Å². The van der Waals surface area contributed by atoms with Crippen LogP contribution in [-0.2, 0) is 11.3 Å². The number of benzene rings is 3. The Morgan fingerprint density at radius 1 is 0.905 bits per heavy atom. The standard InChI is InChI=1S/C35H41N5O2/c1-25(31-23-36-32-15-6-5-14-30(31)32)33(34(41)37-29-13-9-10-26(22-29)24-39-18-7-8-19-39)38-35(42)40-20-16-28(17-21-40)27-11-3-2-4-12-27/h2-6,9-15,22-23,25,28,33,36H,7-8,16-21,24H2,1H3,(H,37,41)(H,38,42). The van der Waals surface area contributed by atoms with Crippen molar-refractivity contribution in [2.75, 3.05) is 31.5 Å². The number of hydrogen-bond donors (Lipinski definition) is 3. The van der Waals surface area contributed by atoms with Crippen molar-refractivity contribution in [3.8, 4) is 0 Å². The molecule has 6 rings (SSSR count). The molecule has 0 radical (unpaired) electrons. The summed E-state index contributed by atoms with van der Waals surface area (Å²) in [5, 5.41) is 7.34. The van der Waals surface area contributed by atoms with Crippen molar-refractivity contribution >= 4 is 28.5 Å². The van der Waals surface area contributed by atoms with Crippen LogP contribution in [0.25, 0.3) is 10.9 Å². The summed E-state index contributed by atoms with van der Waals surface area (Å²) < 4.78 is 0. The highest BCUT2D eigenvalue weighted by molar-refractivity contribution is 5.98. The number of anilines is 1. The van der Waals surface area contributed by atoms with Gasteiger partial charge in [-0.2, -0.15) is 0 Å². The second kappa shape index (κ2) is 12.8. The van der Waals surface area contributed by atoms with Crippen molar-refractivity contribution in [2.24, 2.45) is 0 Å². The first kappa shape index (κ1) is 28.0. The van der Waals surface area contributed by atoms with E-state index in [2.05, 4.69) is 63.0 Å². The van der Waals surface area contributed by atoms with E-state index in [1.807, 2.05) is 54.4 Å². The number of hydrogen-bond acceptors (Lipinski definition) is 3. The normalized spacial score (nSPS) is 17.7. The van der Waals surface area contributed by atoms with E-state index in [1.165, 1.54) is 24.0 Å². The van der Waals surface area contributed by atoms with Gasteiger partial charge in [0.05, 0.1) is 0 Å². The largest absolute Gasteiger partial charge is 0.361 e. The van der Waals surface area contributed by atoms with E-state index in [9.17, 15) is 9.59 Å². The van der Waals surface area contributed by atoms with Crippen molar-refractivity contribution in [3.05, 3.63) is 102 Å². The molecular weight excluding hydrogens is 522 g/mol. The van der Waals surface area contributed by atoms with Gasteiger partial charge in [-0.15, -0.1) is 0 Å². The summed E-state index contributed by atoms with van der Waals surface area (Å²) in [6, 6.07) is 25.8. The topological polar surface area (TPSA) is 80.5 Å². The molecule has 42 heavy (non-hydrogen) atoms. The summed E-state index contributed by atoms with van der Waals surface area (Å²) in [5.74, 6) is -0.00862. The van der Waals surface area contributed by atoms with Crippen molar-refractivity contribution in [1.82, 2.24) is 20.1 Å². The molecule has 0 saturated carbocycles. The number of carbonyl (C=O) groups excluding carboxylic acids is 2. The van der Waals surface area contributed by atoms with Crippen LogP contribution in [0.3, 0.4) is 0 Å². The molecular formula is C35H41N5O2. The first-order valence-corrected chi connectivity index (χ1v) is 15.3. The van der Waals surface area contributed by atoms with E-state index in [-0.39, 0.29) is 17.9 Å². The number of para-hydroxylation sites is 1. The van der Waals surface area contributed by atoms with Gasteiger partial charge in [0.15, 0.2) is 0 Å². The van der Waals surface area contributed by atoms with Gasteiger partial charge in [-0.3, -0.25) is 9.69 Å². The molecule has 2 unspecified atom stereocenters. The molecule has 7 nitrogen and oxygen atoms in total. The van der Waals surface area contributed by atoms with Gasteiger partial charge in [0.25, 0.3) is 0 Å². The third-order valence-electron chi connectivity index (χ3n) is 9.03. The lowest BCUT2D eigenvalue weighted by Crippen LogP contribution is -2.53. The molecule has 3 heterocycles. The van der Waals surface area contributed by atoms with Crippen LogP contribution in [0.15, 0.2) is 85.1 Å². The zero-order chi connectivity index (χ0) is 28.9. The lowest BCUT2D eigenvalue weighted by atomic mass is 9.89. The molecule has 3 aromatic carbocycles. The van der Waals surface area contributed by atoms with Gasteiger partial charge in [-0.1, -0.05) is 67.6 Å². The van der Waals surface area contributed by atoms with E-state index >= 15 is 0 Å². The van der Waals surface area contributed by atoms with Crippen LogP contribution >= 0.6 is 0 Å². The highest BCUT2D eigenvalue weighted by Crippen LogP contribution is 2.30. The zero-order valence-corrected chi connectivity index (χ0v) is 24.4. The average Bonchev–Trinajstić information content (AvgIpc) is 3.70. The molecule has 2 aliphatic heterocycles. The fourth-order valence-electron chi connectivity index (χ4n) is 6.60. The van der Waals surface area contributed by atoms with Gasteiger partial charge >= 0.3 is 6.03 Å². The highest BCUT2D eigenvalue weighted by Gasteiger charge is 2.32. The van der Waals surface area contributed by atoms with Gasteiger partial charge in [-0.05, 0) is 79.6 Å². The summed E-state index contributed by atoms with van der Waals surface area (Å²) in [5.41, 5.74) is 5.29. The van der Waals surface area contributed by atoms with E-state index in [0.717, 1.165) is 54.6 Å². The minimum atomic E-state index is -0.745. The predicted octanol–water partition coefficient (Wildman–Crippen LogP) is 6.46. The molecule has 2 saturated heterocycles. The summed E-state index contributed by atoms with van der Waals surface area (Å²) >= 11 is 0. The number of likely N-dealkylation sites (tertiary alicyclic amines) is 2. The Labute approximate surface area is 248 Å². The molecule has 7 heteroatoms. The number of nitrogens with one attached hydrogen (secondary N) is 3. The van der Waals surface area contributed by atoms with E-state index in [4.69, 9.17) is 0 Å². The first-order chi connectivity index (χ1) is 20.5. The van der Waals surface area contributed by atoms with Gasteiger partial charge in [0.1, 0.15) is 6.04 Å². The van der Waals surface area contributed by atoms with Crippen LogP contribution in [0.2, 0.25) is 0 Å². The monoisotopic (exact) mass is 563 g/mol. The second-order valence-corrected chi connectivity index (χ2v) is 11.9. The Bertz CT molecular complexity index is 1500. The first-order valence-electron chi connectivity index (χ1n) is 15.3. The number of urea groups is 1. The van der Waals surface area contributed by atoms with Gasteiger partial charge in [0, 0.05) is 48.3 Å². The van der Waals surface area contributed by atoms with Crippen molar-refractivity contribution in [3.63, 3.8) is 0 Å². The average molecular weight is 564 g/mol. The number of amides is 3. The van der Waals surface area contributed by atoms with Crippen molar-refractivity contribution in [1.29, 1.82) is 0 Å². The molecule has 1 aromatic heterocycles. The number of carbonyl (C=O) groups is 2. The number of rotatable bonds is 8. The Balaban J connectivity index is 1.18. The van der Waals surface area contributed by atoms with Crippen LogP contribution in [0.5, 0.6) is 0 Å². The van der Waals surface area contributed by atoms with E-state index in [1.54, 1.807) is 0 Å². The van der Waals surface area contributed by atoms with Gasteiger partial charge in [0.2, 0.25) is 5.91 Å². The maximum Gasteiger partial charge on any atom is 0.318 e. The summed E-state index contributed by atoms with van der Waals surface area (Å²) in [4.78, 5) is 35.2. The third-order valence-corrected chi connectivity index (χ3v) is 9.03. The SMILES string of the molecule is CC(c1c[nH]c2ccccc12)C(NC(=O)N1CCC(c2ccccc2)CC1)C(=O)Nc1cccc(CN2CCCC2)c1. The van der Waals surface area contributed by atoms with Crippen LogP contribution in [0.1, 0.15) is 61.1 Å². The fourth-order valence-corrected chi connectivity index (χ4v) is 6.60. The molecule has 2 atom stereocenters. The van der Waals surface area contributed by atoms with E-state index < -0.39 is 6.04 Å². The molecule has 4 aromatic rings. The van der Waals surface area contributed by atoms with Crippen LogP contribution in [-0.4, -0.2) is 58.9 Å². The second-order valence-electron chi connectivity index (χ2n) is 11.9. The Morgan fingerprint density at radius 3 is 2.43 bits per heavy atom. The maximum atomic E-state index is 13.9. The number of piperidine rings is 1. The smallest absolute Gasteiger partial charge is 0.318 e. The molecule has 3 N–H and O–H groups in total. The summed E-state index contributed by atoms with van der Waals surface area (Å²) in [6.07, 6.45) is 6.27. The Hall–Kier alpha value is -4.10. The zero-order valence-electron chi connectivity index (χ0n) is 24.4. The van der Waals surface area contributed by atoms with Crippen LogP contribution in [0.4, 0.5) is 10.5 Å². The molecule has 3 amide bonds. The molecule has 0 bridgehead atoms. The fraction of sp³-hybridized carbons (Fsp3) is 0.371. The number of fused-ring (bicyclic) bond motifs is 1.